The molecule has 1 amide bonds. The van der Waals surface area contributed by atoms with Gasteiger partial charge in [-0.25, -0.2) is 0 Å². The molecule has 3 heterocycles. The van der Waals surface area contributed by atoms with E-state index in [0.29, 0.717) is 37.7 Å². The fourth-order valence-electron chi connectivity index (χ4n) is 4.49. The molecule has 35 heavy (non-hydrogen) atoms. The van der Waals surface area contributed by atoms with Gasteiger partial charge in [-0.15, -0.1) is 0 Å². The lowest BCUT2D eigenvalue weighted by Crippen LogP contribution is -2.38. The molecule has 2 aromatic rings. The maximum Gasteiger partial charge on any atom is 0.295 e. The van der Waals surface area contributed by atoms with E-state index in [4.69, 9.17) is 9.47 Å². The van der Waals surface area contributed by atoms with Crippen LogP contribution in [0.5, 0.6) is 5.75 Å². The Morgan fingerprint density at radius 2 is 1.77 bits per heavy atom. The van der Waals surface area contributed by atoms with Crippen LogP contribution in [-0.2, 0) is 14.3 Å². The predicted octanol–water partition coefficient (Wildman–Crippen LogP) is 3.40. The summed E-state index contributed by atoms with van der Waals surface area (Å²) in [7, 11) is 0. The lowest BCUT2D eigenvalue weighted by Gasteiger charge is -2.29. The number of aliphatic hydroxyl groups is 1. The van der Waals surface area contributed by atoms with Gasteiger partial charge in [0.1, 0.15) is 11.5 Å². The zero-order valence-corrected chi connectivity index (χ0v) is 20.2. The van der Waals surface area contributed by atoms with Crippen molar-refractivity contribution in [1.29, 1.82) is 0 Å². The molecule has 0 aliphatic carbocycles. The molecule has 1 atom stereocenters. The third kappa shape index (κ3) is 5.89. The molecule has 4 rings (SSSR count). The Morgan fingerprint density at radius 1 is 1.06 bits per heavy atom. The normalized spacial score (nSPS) is 20.4. The van der Waals surface area contributed by atoms with Crippen LogP contribution < -0.4 is 4.74 Å². The van der Waals surface area contributed by atoms with Gasteiger partial charge in [0.2, 0.25) is 0 Å². The number of aliphatic hydroxyl groups excluding tert-OH is 1. The number of carbonyl (C=O) groups excluding carboxylic acids is 2. The molecule has 0 saturated carbocycles. The molecule has 2 aliphatic rings. The Hall–Kier alpha value is -3.23. The average molecular weight is 480 g/mol. The fraction of sp³-hybridized carbons (Fsp3) is 0.444. The van der Waals surface area contributed by atoms with Gasteiger partial charge in [-0.1, -0.05) is 13.3 Å². The molecule has 2 aliphatic heterocycles. The Labute approximate surface area is 206 Å². The van der Waals surface area contributed by atoms with Crippen LogP contribution in [0.4, 0.5) is 0 Å². The van der Waals surface area contributed by atoms with Crippen LogP contribution in [0.1, 0.15) is 43.4 Å². The van der Waals surface area contributed by atoms with Gasteiger partial charge in [0.25, 0.3) is 11.7 Å². The third-order valence-corrected chi connectivity index (χ3v) is 6.43. The maximum atomic E-state index is 13.1. The molecule has 2 saturated heterocycles. The number of amides is 1. The van der Waals surface area contributed by atoms with Gasteiger partial charge in [-0.2, -0.15) is 0 Å². The summed E-state index contributed by atoms with van der Waals surface area (Å²) in [5, 5.41) is 11.2. The first kappa shape index (κ1) is 24.9. The molecular formula is C27H33N3O5. The number of rotatable bonds is 10. The molecule has 1 N–H and O–H groups in total. The van der Waals surface area contributed by atoms with Crippen molar-refractivity contribution in [1.82, 2.24) is 14.8 Å². The van der Waals surface area contributed by atoms with Crippen LogP contribution >= 0.6 is 0 Å². The number of benzene rings is 1. The highest BCUT2D eigenvalue weighted by Crippen LogP contribution is 2.39. The topological polar surface area (TPSA) is 92.2 Å². The van der Waals surface area contributed by atoms with E-state index < -0.39 is 17.7 Å². The first-order chi connectivity index (χ1) is 17.1. The van der Waals surface area contributed by atoms with Crippen molar-refractivity contribution in [2.45, 2.75) is 32.2 Å². The molecule has 186 valence electrons. The number of pyridine rings is 1. The fourth-order valence-corrected chi connectivity index (χ4v) is 4.49. The second-order valence-corrected chi connectivity index (χ2v) is 8.81. The van der Waals surface area contributed by atoms with E-state index in [0.717, 1.165) is 44.5 Å². The number of nitrogens with zero attached hydrogens (tertiary/aromatic N) is 3. The van der Waals surface area contributed by atoms with E-state index in [1.165, 1.54) is 0 Å². The highest BCUT2D eigenvalue weighted by atomic mass is 16.5. The summed E-state index contributed by atoms with van der Waals surface area (Å²) in [4.78, 5) is 34.2. The van der Waals surface area contributed by atoms with Gasteiger partial charge in [0.15, 0.2) is 0 Å². The van der Waals surface area contributed by atoms with Gasteiger partial charge in [-0.05, 0) is 54.8 Å². The number of morpholine rings is 1. The van der Waals surface area contributed by atoms with Crippen molar-refractivity contribution in [3.8, 4) is 5.75 Å². The average Bonchev–Trinajstić information content (AvgIpc) is 3.15. The molecule has 0 radical (unpaired) electrons. The summed E-state index contributed by atoms with van der Waals surface area (Å²) < 4.78 is 11.1. The minimum absolute atomic E-state index is 0.104. The smallest absolute Gasteiger partial charge is 0.295 e. The van der Waals surface area contributed by atoms with Crippen molar-refractivity contribution >= 4 is 17.4 Å². The van der Waals surface area contributed by atoms with Gasteiger partial charge in [0, 0.05) is 44.1 Å². The van der Waals surface area contributed by atoms with Crippen LogP contribution in [-0.4, -0.2) is 77.6 Å². The summed E-state index contributed by atoms with van der Waals surface area (Å²) in [6.07, 6.45) is 5.98. The third-order valence-electron chi connectivity index (χ3n) is 6.43. The lowest BCUT2D eigenvalue weighted by molar-refractivity contribution is -0.140. The maximum absolute atomic E-state index is 13.1. The lowest BCUT2D eigenvalue weighted by atomic mass is 9.96. The summed E-state index contributed by atoms with van der Waals surface area (Å²) in [5.74, 6) is -0.737. The molecule has 8 heteroatoms. The van der Waals surface area contributed by atoms with Gasteiger partial charge < -0.3 is 19.5 Å². The SMILES string of the molecule is CCCCOc1ccc(C(O)=C2C(=O)C(=O)N(CCCN3CCOCC3)[C@@H]2c2ccncc2)cc1. The monoisotopic (exact) mass is 479 g/mol. The first-order valence-corrected chi connectivity index (χ1v) is 12.3. The Balaban J connectivity index is 1.58. The summed E-state index contributed by atoms with van der Waals surface area (Å²) in [6.45, 7) is 7.11. The van der Waals surface area contributed by atoms with Crippen LogP contribution in [0.3, 0.4) is 0 Å². The van der Waals surface area contributed by atoms with E-state index in [1.54, 1.807) is 53.7 Å². The summed E-state index contributed by atoms with van der Waals surface area (Å²) >= 11 is 0. The van der Waals surface area contributed by atoms with Crippen LogP contribution in [0.15, 0.2) is 54.4 Å². The predicted molar refractivity (Wildman–Crippen MR) is 132 cm³/mol. The number of ketones is 1. The highest BCUT2D eigenvalue weighted by molar-refractivity contribution is 6.46. The van der Waals surface area contributed by atoms with E-state index in [9.17, 15) is 14.7 Å². The molecule has 0 bridgehead atoms. The van der Waals surface area contributed by atoms with Crippen molar-refractivity contribution in [2.24, 2.45) is 0 Å². The molecule has 0 spiro atoms. The number of carbonyl (C=O) groups is 2. The van der Waals surface area contributed by atoms with Gasteiger partial charge in [-0.3, -0.25) is 19.5 Å². The molecule has 1 aromatic carbocycles. The van der Waals surface area contributed by atoms with E-state index in [-0.39, 0.29) is 11.3 Å². The molecule has 0 unspecified atom stereocenters. The summed E-state index contributed by atoms with van der Waals surface area (Å²) in [5.41, 5.74) is 1.32. The second-order valence-electron chi connectivity index (χ2n) is 8.81. The van der Waals surface area contributed by atoms with E-state index in [1.807, 2.05) is 0 Å². The molecule has 8 nitrogen and oxygen atoms in total. The highest BCUT2D eigenvalue weighted by Gasteiger charge is 2.45. The number of unbranched alkanes of at least 4 members (excludes halogenated alkanes) is 1. The number of ether oxygens (including phenoxy) is 2. The minimum atomic E-state index is -0.668. The van der Waals surface area contributed by atoms with Crippen molar-refractivity contribution in [3.05, 3.63) is 65.5 Å². The number of likely N-dealkylation sites (tertiary alicyclic amines) is 1. The van der Waals surface area contributed by atoms with Crippen LogP contribution in [0, 0.1) is 0 Å². The molecule has 1 aromatic heterocycles. The minimum Gasteiger partial charge on any atom is -0.507 e. The quantitative estimate of drug-likeness (QED) is 0.242. The summed E-state index contributed by atoms with van der Waals surface area (Å²) in [6, 6.07) is 9.86. The van der Waals surface area contributed by atoms with Gasteiger partial charge >= 0.3 is 0 Å². The zero-order valence-electron chi connectivity index (χ0n) is 20.2. The van der Waals surface area contributed by atoms with Crippen LogP contribution in [0.25, 0.3) is 5.76 Å². The second kappa shape index (κ2) is 12.0. The Bertz CT molecular complexity index is 1030. The van der Waals surface area contributed by atoms with Crippen molar-refractivity contribution in [3.63, 3.8) is 0 Å². The first-order valence-electron chi connectivity index (χ1n) is 12.3. The molecular weight excluding hydrogens is 446 g/mol. The van der Waals surface area contributed by atoms with Gasteiger partial charge in [0.05, 0.1) is 31.4 Å². The standard InChI is InChI=1S/C27H33N3O5/c1-2-3-17-35-22-7-5-21(6-8-22)25(31)23-24(20-9-11-28-12-10-20)30(27(33)26(23)32)14-4-13-29-15-18-34-19-16-29/h5-12,24,31H,2-4,13-19H2,1H3/t24-/m1/s1. The Kier molecular flexibility index (Phi) is 8.50. The van der Waals surface area contributed by atoms with E-state index in [2.05, 4.69) is 16.8 Å². The Morgan fingerprint density at radius 3 is 2.46 bits per heavy atom. The van der Waals surface area contributed by atoms with E-state index >= 15 is 0 Å². The number of hydrogen-bond acceptors (Lipinski definition) is 7. The van der Waals surface area contributed by atoms with Crippen molar-refractivity contribution in [2.75, 3.05) is 46.0 Å². The van der Waals surface area contributed by atoms with Crippen molar-refractivity contribution < 1.29 is 24.2 Å². The number of aromatic nitrogens is 1. The molecule has 2 fully saturated rings. The van der Waals surface area contributed by atoms with Crippen LogP contribution in [0.2, 0.25) is 0 Å². The largest absolute Gasteiger partial charge is 0.507 e. The zero-order chi connectivity index (χ0) is 24.6. The number of Topliss-reactive ketones (excluding diaryl/α,β-unsaturated/α-hetero) is 1. The number of hydrogen-bond donors (Lipinski definition) is 1.